The van der Waals surface area contributed by atoms with E-state index in [9.17, 15) is 9.90 Å². The van der Waals surface area contributed by atoms with Crippen LogP contribution < -0.4 is 0 Å². The van der Waals surface area contributed by atoms with Gasteiger partial charge in [-0.1, -0.05) is 115 Å². The van der Waals surface area contributed by atoms with E-state index >= 15 is 0 Å². The maximum atomic E-state index is 10.4. The molecule has 0 saturated heterocycles. The van der Waals surface area contributed by atoms with Crippen LogP contribution in [0.4, 0.5) is 0 Å². The number of allylic oxidation sites excluding steroid dienone is 3. The molecule has 0 fully saturated rings. The van der Waals surface area contributed by atoms with Gasteiger partial charge in [0.2, 0.25) is 0 Å². The minimum Gasteiger partial charge on any atom is -0.481 e. The van der Waals surface area contributed by atoms with Gasteiger partial charge in [-0.2, -0.15) is 0 Å². The van der Waals surface area contributed by atoms with Crippen LogP contribution in [-0.4, -0.2) is 22.3 Å². The van der Waals surface area contributed by atoms with Crippen LogP contribution in [0.2, 0.25) is 0 Å². The van der Waals surface area contributed by atoms with E-state index in [1.165, 1.54) is 70.6 Å². The van der Waals surface area contributed by atoms with Gasteiger partial charge in [0.15, 0.2) is 0 Å². The van der Waals surface area contributed by atoms with Crippen LogP contribution in [0, 0.1) is 0 Å². The Morgan fingerprint density at radius 3 is 1.72 bits per heavy atom. The fourth-order valence-corrected chi connectivity index (χ4v) is 3.53. The molecule has 1 atom stereocenters. The Labute approximate surface area is 180 Å². The van der Waals surface area contributed by atoms with Crippen molar-refractivity contribution in [3.8, 4) is 0 Å². The maximum absolute atomic E-state index is 10.4. The maximum Gasteiger partial charge on any atom is 0.303 e. The molecule has 0 aliphatic rings. The molecule has 2 N–H and O–H groups in total. The molecule has 0 aliphatic heterocycles. The number of rotatable bonds is 22. The topological polar surface area (TPSA) is 57.5 Å². The average molecular weight is 409 g/mol. The van der Waals surface area contributed by atoms with Gasteiger partial charge in [0.1, 0.15) is 0 Å². The zero-order valence-corrected chi connectivity index (χ0v) is 19.1. The third-order valence-electron chi connectivity index (χ3n) is 5.40. The summed E-state index contributed by atoms with van der Waals surface area (Å²) in [6, 6.07) is 0. The molecule has 0 aromatic rings. The number of carboxylic acid groups (broad SMARTS) is 1. The lowest BCUT2D eigenvalue weighted by atomic mass is 10.0. The zero-order chi connectivity index (χ0) is 21.4. The van der Waals surface area contributed by atoms with Gasteiger partial charge in [0, 0.05) is 6.42 Å². The van der Waals surface area contributed by atoms with Crippen molar-refractivity contribution in [3.05, 3.63) is 24.3 Å². The highest BCUT2D eigenvalue weighted by molar-refractivity contribution is 5.66. The lowest BCUT2D eigenvalue weighted by molar-refractivity contribution is -0.137. The van der Waals surface area contributed by atoms with E-state index in [2.05, 4.69) is 31.2 Å². The monoisotopic (exact) mass is 408 g/mol. The molecule has 0 rings (SSSR count). The van der Waals surface area contributed by atoms with E-state index in [4.69, 9.17) is 5.11 Å². The van der Waals surface area contributed by atoms with Crippen molar-refractivity contribution < 1.29 is 15.0 Å². The van der Waals surface area contributed by atoms with E-state index < -0.39 is 5.97 Å². The minimum atomic E-state index is -0.667. The Morgan fingerprint density at radius 2 is 1.21 bits per heavy atom. The Kier molecular flexibility index (Phi) is 22.3. The van der Waals surface area contributed by atoms with Gasteiger partial charge in [-0.05, 0) is 32.1 Å². The molecule has 0 aromatic heterocycles. The van der Waals surface area contributed by atoms with Crippen molar-refractivity contribution in [2.45, 2.75) is 135 Å². The van der Waals surface area contributed by atoms with Crippen molar-refractivity contribution in [2.75, 3.05) is 0 Å². The zero-order valence-electron chi connectivity index (χ0n) is 19.1. The fraction of sp³-hybridized carbons (Fsp3) is 0.808. The molecule has 170 valence electrons. The second-order valence-corrected chi connectivity index (χ2v) is 8.39. The summed E-state index contributed by atoms with van der Waals surface area (Å²) in [5.74, 6) is -0.667. The summed E-state index contributed by atoms with van der Waals surface area (Å²) in [5.41, 5.74) is 0. The van der Waals surface area contributed by atoms with Crippen molar-refractivity contribution >= 4 is 5.97 Å². The molecule has 0 saturated carbocycles. The molecule has 3 nitrogen and oxygen atoms in total. The van der Waals surface area contributed by atoms with E-state index in [1.54, 1.807) is 0 Å². The standard InChI is InChI=1S/C26H48O3/c1-2-3-4-5-13-16-19-22-25(27)23-20-17-14-11-9-7-6-8-10-12-15-18-21-24-26(28)29/h4-5,16,19,25,27H,2-3,6-15,17-18,20-24H2,1H3,(H,28,29). The normalized spacial score (nSPS) is 12.9. The second-order valence-electron chi connectivity index (χ2n) is 8.39. The number of aliphatic hydroxyl groups excluding tert-OH is 1. The third-order valence-corrected chi connectivity index (χ3v) is 5.40. The minimum absolute atomic E-state index is 0.171. The van der Waals surface area contributed by atoms with E-state index in [-0.39, 0.29) is 6.10 Å². The molecule has 0 heterocycles. The Bertz CT molecular complexity index is 401. The molecule has 1 unspecified atom stereocenters. The van der Waals surface area contributed by atoms with Crippen LogP contribution in [-0.2, 0) is 4.79 Å². The molecular formula is C26H48O3. The number of unbranched alkanes of at least 4 members (excludes halogenated alkanes) is 13. The number of carboxylic acids is 1. The largest absolute Gasteiger partial charge is 0.481 e. The summed E-state index contributed by atoms with van der Waals surface area (Å²) in [6.07, 6.45) is 30.0. The predicted molar refractivity (Wildman–Crippen MR) is 125 cm³/mol. The van der Waals surface area contributed by atoms with Gasteiger partial charge in [0.05, 0.1) is 6.10 Å². The molecule has 0 aromatic carbocycles. The van der Waals surface area contributed by atoms with E-state index in [0.29, 0.717) is 6.42 Å². The molecule has 29 heavy (non-hydrogen) atoms. The first kappa shape index (κ1) is 27.9. The van der Waals surface area contributed by atoms with E-state index in [1.807, 2.05) is 0 Å². The van der Waals surface area contributed by atoms with Gasteiger partial charge < -0.3 is 10.2 Å². The smallest absolute Gasteiger partial charge is 0.303 e. The molecule has 0 bridgehead atoms. The molecule has 3 heteroatoms. The first-order valence-corrected chi connectivity index (χ1v) is 12.4. The van der Waals surface area contributed by atoms with Crippen LogP contribution in [0.3, 0.4) is 0 Å². The highest BCUT2D eigenvalue weighted by Gasteiger charge is 2.01. The molecule has 0 amide bonds. The van der Waals surface area contributed by atoms with Crippen molar-refractivity contribution in [1.29, 1.82) is 0 Å². The lowest BCUT2D eigenvalue weighted by Gasteiger charge is -2.07. The van der Waals surface area contributed by atoms with Crippen molar-refractivity contribution in [3.63, 3.8) is 0 Å². The van der Waals surface area contributed by atoms with Crippen LogP contribution in [0.25, 0.3) is 0 Å². The average Bonchev–Trinajstić information content (AvgIpc) is 2.70. The molecule has 0 spiro atoms. The lowest BCUT2D eigenvalue weighted by Crippen LogP contribution is -2.04. The van der Waals surface area contributed by atoms with Gasteiger partial charge in [-0.15, -0.1) is 0 Å². The van der Waals surface area contributed by atoms with Gasteiger partial charge in [0.25, 0.3) is 0 Å². The van der Waals surface area contributed by atoms with Crippen LogP contribution in [0.5, 0.6) is 0 Å². The van der Waals surface area contributed by atoms with Crippen LogP contribution >= 0.6 is 0 Å². The Morgan fingerprint density at radius 1 is 0.724 bits per heavy atom. The SMILES string of the molecule is CCCC=CCC=CCC(O)CCCCCCCCCCCCCCCC(=O)O. The third kappa shape index (κ3) is 24.9. The predicted octanol–water partition coefficient (Wildman–Crippen LogP) is 7.98. The summed E-state index contributed by atoms with van der Waals surface area (Å²) in [7, 11) is 0. The Hall–Kier alpha value is -1.09. The molecular weight excluding hydrogens is 360 g/mol. The quantitative estimate of drug-likeness (QED) is 0.141. The highest BCUT2D eigenvalue weighted by Crippen LogP contribution is 2.14. The number of carbonyl (C=O) groups is 1. The molecule has 0 aliphatic carbocycles. The first-order chi connectivity index (χ1) is 14.2. The van der Waals surface area contributed by atoms with Gasteiger partial charge in [-0.3, -0.25) is 4.79 Å². The van der Waals surface area contributed by atoms with Gasteiger partial charge >= 0.3 is 5.97 Å². The number of hydrogen-bond donors (Lipinski definition) is 2. The summed E-state index contributed by atoms with van der Waals surface area (Å²) in [4.78, 5) is 10.4. The summed E-state index contributed by atoms with van der Waals surface area (Å²) in [6.45, 7) is 2.19. The van der Waals surface area contributed by atoms with Gasteiger partial charge in [-0.25, -0.2) is 0 Å². The van der Waals surface area contributed by atoms with Crippen LogP contribution in [0.1, 0.15) is 129 Å². The highest BCUT2D eigenvalue weighted by atomic mass is 16.4. The van der Waals surface area contributed by atoms with Crippen LogP contribution in [0.15, 0.2) is 24.3 Å². The summed E-state index contributed by atoms with van der Waals surface area (Å²) in [5, 5.41) is 18.6. The Balaban J connectivity index is 3.22. The fourth-order valence-electron chi connectivity index (χ4n) is 3.53. The number of hydrogen-bond acceptors (Lipinski definition) is 2. The molecule has 0 radical (unpaired) electrons. The van der Waals surface area contributed by atoms with Crippen molar-refractivity contribution in [1.82, 2.24) is 0 Å². The van der Waals surface area contributed by atoms with E-state index in [0.717, 1.165) is 44.9 Å². The van der Waals surface area contributed by atoms with Crippen molar-refractivity contribution in [2.24, 2.45) is 0 Å². The number of aliphatic hydroxyl groups is 1. The number of aliphatic carboxylic acids is 1. The first-order valence-electron chi connectivity index (χ1n) is 12.4. The second kappa shape index (κ2) is 23.2. The summed E-state index contributed by atoms with van der Waals surface area (Å²) >= 11 is 0. The summed E-state index contributed by atoms with van der Waals surface area (Å²) < 4.78 is 0.